The molecule has 1 aromatic rings. The molecule has 1 spiro atoms. The largest absolute Gasteiger partial charge is 0.467 e. The zero-order valence-corrected chi connectivity index (χ0v) is 22.1. The fraction of sp³-hybridized carbons (Fsp3) is 0.679. The molecule has 192 valence electrons. The normalized spacial score (nSPS) is 25.7. The van der Waals surface area contributed by atoms with Crippen molar-refractivity contribution in [3.05, 3.63) is 29.8 Å². The first-order valence-corrected chi connectivity index (χ1v) is 12.9. The number of para-hydroxylation sites is 1. The Morgan fingerprint density at radius 2 is 1.71 bits per heavy atom. The van der Waals surface area contributed by atoms with Crippen LogP contribution in [-0.2, 0) is 14.3 Å². The highest BCUT2D eigenvalue weighted by Crippen LogP contribution is 2.44. The first-order valence-electron chi connectivity index (χ1n) is 12.9. The second-order valence-corrected chi connectivity index (χ2v) is 12.0. The van der Waals surface area contributed by atoms with Crippen molar-refractivity contribution in [2.24, 2.45) is 17.3 Å². The number of nitrogens with zero attached hydrogens (tertiary/aromatic N) is 1. The first kappa shape index (κ1) is 25.7. The molecule has 0 radical (unpaired) electrons. The molecule has 3 aliphatic rings. The summed E-state index contributed by atoms with van der Waals surface area (Å²) in [7, 11) is 0. The number of hydrogen-bond donors (Lipinski definition) is 1. The van der Waals surface area contributed by atoms with Crippen LogP contribution in [0.4, 0.5) is 0 Å². The number of ether oxygens (including phenoxy) is 2. The number of hydrogen-bond acceptors (Lipinski definition) is 5. The first-order chi connectivity index (χ1) is 16.3. The van der Waals surface area contributed by atoms with E-state index >= 15 is 0 Å². The Bertz CT molecular complexity index is 1000. The van der Waals surface area contributed by atoms with Gasteiger partial charge in [-0.25, -0.2) is 4.90 Å². The predicted molar refractivity (Wildman–Crippen MR) is 133 cm³/mol. The Morgan fingerprint density at radius 1 is 1.09 bits per heavy atom. The third kappa shape index (κ3) is 4.37. The molecule has 0 aromatic heterocycles. The highest BCUT2D eigenvalue weighted by Gasteiger charge is 2.55. The molecule has 7 heteroatoms. The van der Waals surface area contributed by atoms with Gasteiger partial charge in [0.05, 0.1) is 35.1 Å². The van der Waals surface area contributed by atoms with E-state index in [1.165, 1.54) is 4.90 Å². The van der Waals surface area contributed by atoms with E-state index in [0.717, 1.165) is 19.3 Å². The van der Waals surface area contributed by atoms with E-state index in [0.29, 0.717) is 24.2 Å². The van der Waals surface area contributed by atoms with Crippen molar-refractivity contribution in [3.63, 3.8) is 0 Å². The quantitative estimate of drug-likeness (QED) is 0.613. The molecule has 1 saturated carbocycles. The molecule has 1 aromatic carbocycles. The van der Waals surface area contributed by atoms with Crippen molar-refractivity contribution >= 4 is 17.7 Å². The van der Waals surface area contributed by atoms with E-state index in [1.807, 2.05) is 26.8 Å². The average molecular weight is 485 g/mol. The summed E-state index contributed by atoms with van der Waals surface area (Å²) in [5.74, 6) is -1.26. The number of carbonyl (C=O) groups excluding carboxylic acids is 3. The summed E-state index contributed by atoms with van der Waals surface area (Å²) in [4.78, 5) is 41.6. The van der Waals surface area contributed by atoms with Crippen molar-refractivity contribution in [1.29, 1.82) is 0 Å². The molecule has 7 nitrogen and oxygen atoms in total. The zero-order valence-electron chi connectivity index (χ0n) is 22.1. The summed E-state index contributed by atoms with van der Waals surface area (Å²) >= 11 is 0. The van der Waals surface area contributed by atoms with Crippen LogP contribution < -0.4 is 10.1 Å². The van der Waals surface area contributed by atoms with Gasteiger partial charge in [0, 0.05) is 12.8 Å². The summed E-state index contributed by atoms with van der Waals surface area (Å²) in [6.07, 6.45) is 3.69. The van der Waals surface area contributed by atoms with Crippen molar-refractivity contribution in [2.45, 2.75) is 104 Å². The number of fused-ring (bicyclic) bond motifs is 1. The van der Waals surface area contributed by atoms with Crippen LogP contribution >= 0.6 is 0 Å². The molecule has 2 heterocycles. The van der Waals surface area contributed by atoms with Gasteiger partial charge in [-0.15, -0.1) is 0 Å². The van der Waals surface area contributed by atoms with Crippen LogP contribution in [0.3, 0.4) is 0 Å². The lowest BCUT2D eigenvalue weighted by atomic mass is 9.75. The predicted octanol–water partition coefficient (Wildman–Crippen LogP) is 4.69. The second-order valence-electron chi connectivity index (χ2n) is 12.0. The van der Waals surface area contributed by atoms with Crippen LogP contribution in [-0.4, -0.2) is 46.1 Å². The number of β-lactam (4-membered cyclic amide) rings is 1. The highest BCUT2D eigenvalue weighted by molar-refractivity contribution is 6.08. The van der Waals surface area contributed by atoms with Crippen molar-refractivity contribution in [1.82, 2.24) is 10.2 Å². The van der Waals surface area contributed by atoms with Gasteiger partial charge in [0.1, 0.15) is 5.75 Å². The number of rotatable bonds is 5. The molecule has 3 amide bonds. The van der Waals surface area contributed by atoms with E-state index in [-0.39, 0.29) is 29.2 Å². The number of imide groups is 1. The Morgan fingerprint density at radius 3 is 2.31 bits per heavy atom. The summed E-state index contributed by atoms with van der Waals surface area (Å²) in [5, 5.41) is 2.92. The molecule has 4 rings (SSSR count). The van der Waals surface area contributed by atoms with Crippen LogP contribution in [0.25, 0.3) is 0 Å². The van der Waals surface area contributed by atoms with Crippen LogP contribution in [0.1, 0.15) is 90.9 Å². The van der Waals surface area contributed by atoms with E-state index in [4.69, 9.17) is 9.47 Å². The lowest BCUT2D eigenvalue weighted by Gasteiger charge is -2.51. The lowest BCUT2D eigenvalue weighted by molar-refractivity contribution is -0.175. The molecule has 2 fully saturated rings. The van der Waals surface area contributed by atoms with Crippen LogP contribution in [0, 0.1) is 17.3 Å². The third-order valence-corrected chi connectivity index (χ3v) is 8.60. The Balaban J connectivity index is 1.59. The molecule has 1 aliphatic carbocycles. The zero-order chi connectivity index (χ0) is 25.8. The lowest BCUT2D eigenvalue weighted by Crippen LogP contribution is -2.69. The number of benzene rings is 1. The molecular formula is C28H40N2O5. The maximum atomic E-state index is 14.0. The minimum Gasteiger partial charge on any atom is -0.467 e. The maximum absolute atomic E-state index is 14.0. The molecular weight excluding hydrogens is 444 g/mol. The molecule has 4 atom stereocenters. The monoisotopic (exact) mass is 484 g/mol. The Hall–Kier alpha value is -2.41. The van der Waals surface area contributed by atoms with Crippen molar-refractivity contribution in [3.8, 4) is 5.75 Å². The summed E-state index contributed by atoms with van der Waals surface area (Å²) in [5.41, 5.74) is -1.15. The summed E-state index contributed by atoms with van der Waals surface area (Å²) < 4.78 is 12.8. The topological polar surface area (TPSA) is 84.9 Å². The minimum atomic E-state index is -0.964. The molecule has 2 aliphatic heterocycles. The maximum Gasteiger partial charge on any atom is 0.267 e. The highest BCUT2D eigenvalue weighted by atomic mass is 16.5. The third-order valence-electron chi connectivity index (χ3n) is 8.60. The Labute approximate surface area is 208 Å². The van der Waals surface area contributed by atoms with Crippen LogP contribution in [0.15, 0.2) is 24.3 Å². The van der Waals surface area contributed by atoms with E-state index < -0.39 is 29.2 Å². The van der Waals surface area contributed by atoms with Gasteiger partial charge in [0.2, 0.25) is 11.8 Å². The second kappa shape index (κ2) is 8.91. The standard InChI is InChI=1S/C28H40N2O5/c1-17(22-21(23(31)29-22)18(2)34-27(6,7)26(3,4)5)24(32)30-25(33)19-13-9-10-14-20(19)35-28(30)15-11-8-12-16-28/h9-10,13-14,17-18,21-22H,8,11-12,15-16H2,1-7H3,(H,29,31)/t17-,18-,21-,22-/m1/s1. The number of nitrogens with one attached hydrogen (secondary N) is 1. The molecule has 1 saturated heterocycles. The van der Waals surface area contributed by atoms with E-state index in [1.54, 1.807) is 25.1 Å². The summed E-state index contributed by atoms with van der Waals surface area (Å²) in [6, 6.07) is 6.72. The van der Waals surface area contributed by atoms with Gasteiger partial charge < -0.3 is 14.8 Å². The fourth-order valence-electron chi connectivity index (χ4n) is 5.45. The van der Waals surface area contributed by atoms with Crippen molar-refractivity contribution < 1.29 is 23.9 Å². The van der Waals surface area contributed by atoms with Crippen molar-refractivity contribution in [2.75, 3.05) is 0 Å². The van der Waals surface area contributed by atoms with E-state index in [2.05, 4.69) is 26.1 Å². The molecule has 35 heavy (non-hydrogen) atoms. The molecule has 0 unspecified atom stereocenters. The Kier molecular flexibility index (Phi) is 6.54. The average Bonchev–Trinajstić information content (AvgIpc) is 2.76. The van der Waals surface area contributed by atoms with Gasteiger partial charge in [-0.05, 0) is 51.2 Å². The number of amides is 3. The van der Waals surface area contributed by atoms with Gasteiger partial charge in [-0.2, -0.15) is 0 Å². The molecule has 1 N–H and O–H groups in total. The van der Waals surface area contributed by atoms with Gasteiger partial charge in [-0.1, -0.05) is 46.2 Å². The summed E-state index contributed by atoms with van der Waals surface area (Å²) in [6.45, 7) is 14.1. The fourth-order valence-corrected chi connectivity index (χ4v) is 5.45. The van der Waals surface area contributed by atoms with Gasteiger partial charge in [0.15, 0.2) is 5.72 Å². The van der Waals surface area contributed by atoms with E-state index in [9.17, 15) is 14.4 Å². The molecule has 0 bridgehead atoms. The minimum absolute atomic E-state index is 0.120. The van der Waals surface area contributed by atoms with Gasteiger partial charge >= 0.3 is 0 Å². The van der Waals surface area contributed by atoms with Gasteiger partial charge in [0.25, 0.3) is 5.91 Å². The van der Waals surface area contributed by atoms with Crippen LogP contribution in [0.5, 0.6) is 5.75 Å². The smallest absolute Gasteiger partial charge is 0.267 e. The SMILES string of the molecule is C[C@@H](OC(C)(C)C(C)(C)C)[C@H]1C(=O)N[C@@H]1[C@@H](C)C(=O)N1C(=O)c2ccccc2OC12CCCCC2. The number of carbonyl (C=O) groups is 3. The van der Waals surface area contributed by atoms with Crippen LogP contribution in [0.2, 0.25) is 0 Å². The van der Waals surface area contributed by atoms with Gasteiger partial charge in [-0.3, -0.25) is 14.4 Å².